The van der Waals surface area contributed by atoms with Gasteiger partial charge in [-0.05, 0) is 60.7 Å². The van der Waals surface area contributed by atoms with Crippen molar-refractivity contribution in [3.8, 4) is 11.5 Å². The molecule has 0 saturated heterocycles. The topological polar surface area (TPSA) is 41.9 Å². The van der Waals surface area contributed by atoms with Crippen LogP contribution in [0.25, 0.3) is 0 Å². The summed E-state index contributed by atoms with van der Waals surface area (Å²) in [5, 5.41) is 8.88. The molecule has 0 aliphatic carbocycles. The largest absolute Gasteiger partial charge is 0.493 e. The highest BCUT2D eigenvalue weighted by molar-refractivity contribution is 5.43. The van der Waals surface area contributed by atoms with Crippen molar-refractivity contribution in [1.82, 2.24) is 4.90 Å². The van der Waals surface area contributed by atoms with Crippen LogP contribution < -0.4 is 9.47 Å². The Hall–Kier alpha value is -2.11. The molecule has 26 heavy (non-hydrogen) atoms. The number of aryl methyl sites for hydroxylation is 1. The summed E-state index contributed by atoms with van der Waals surface area (Å²) in [5.74, 6) is 1.18. The van der Waals surface area contributed by atoms with Gasteiger partial charge in [0.1, 0.15) is 12.4 Å². The van der Waals surface area contributed by atoms with E-state index in [2.05, 4.69) is 11.8 Å². The zero-order valence-corrected chi connectivity index (χ0v) is 15.4. The predicted octanol–water partition coefficient (Wildman–Crippen LogP) is 3.54. The summed E-state index contributed by atoms with van der Waals surface area (Å²) in [6.07, 6.45) is 1.94. The summed E-state index contributed by atoms with van der Waals surface area (Å²) in [6.45, 7) is 4.14. The maximum atomic E-state index is 13.4. The molecule has 1 atom stereocenters. The zero-order chi connectivity index (χ0) is 18.5. The highest BCUT2D eigenvalue weighted by atomic mass is 19.1. The molecule has 1 N–H and O–H groups in total. The van der Waals surface area contributed by atoms with Crippen LogP contribution in [0.4, 0.5) is 4.39 Å². The van der Waals surface area contributed by atoms with Crippen molar-refractivity contribution < 1.29 is 19.0 Å². The van der Waals surface area contributed by atoms with Gasteiger partial charge in [-0.1, -0.05) is 12.1 Å². The maximum Gasteiger partial charge on any atom is 0.161 e. The molecule has 0 radical (unpaired) electrons. The number of ether oxygens (including phenoxy) is 2. The Balaban J connectivity index is 1.57. The number of aliphatic hydroxyl groups is 1. The van der Waals surface area contributed by atoms with Crippen molar-refractivity contribution in [2.24, 2.45) is 0 Å². The Morgan fingerprint density at radius 3 is 2.69 bits per heavy atom. The number of aliphatic hydroxyl groups excluding tert-OH is 1. The Labute approximate surface area is 154 Å². The molecule has 0 fully saturated rings. The minimum absolute atomic E-state index is 0.0233. The smallest absolute Gasteiger partial charge is 0.161 e. The number of hydrogen-bond acceptors (Lipinski definition) is 4. The first kappa shape index (κ1) is 18.7. The molecular formula is C21H26FNO3. The zero-order valence-electron chi connectivity index (χ0n) is 15.4. The lowest BCUT2D eigenvalue weighted by atomic mass is 10.0. The molecular weight excluding hydrogens is 333 g/mol. The van der Waals surface area contributed by atoms with E-state index in [1.54, 1.807) is 19.2 Å². The molecule has 1 unspecified atom stereocenters. The quantitative estimate of drug-likeness (QED) is 0.783. The average molecular weight is 359 g/mol. The van der Waals surface area contributed by atoms with Gasteiger partial charge in [-0.2, -0.15) is 0 Å². The number of methoxy groups -OCH3 is 1. The number of nitrogens with zero attached hydrogens (tertiary/aromatic N) is 1. The van der Waals surface area contributed by atoms with Gasteiger partial charge in [0.05, 0.1) is 13.7 Å². The minimum Gasteiger partial charge on any atom is -0.493 e. The Bertz CT molecular complexity index is 750. The molecule has 0 aromatic heterocycles. The van der Waals surface area contributed by atoms with Crippen molar-refractivity contribution in [2.75, 3.05) is 20.3 Å². The molecule has 0 amide bonds. The summed E-state index contributed by atoms with van der Waals surface area (Å²) < 4.78 is 24.2. The molecule has 0 bridgehead atoms. The van der Waals surface area contributed by atoms with Crippen molar-refractivity contribution in [2.45, 2.75) is 38.9 Å². The van der Waals surface area contributed by atoms with Crippen molar-refractivity contribution in [3.63, 3.8) is 0 Å². The SMILES string of the molecule is COc1cc(CCC(C)N2Cc3ccc(F)cc3C2)ccc1OCCO. The number of rotatable bonds is 8. The number of benzene rings is 2. The molecule has 5 heteroatoms. The molecule has 2 aromatic rings. The lowest BCUT2D eigenvalue weighted by Crippen LogP contribution is -2.28. The number of fused-ring (bicyclic) bond motifs is 1. The van der Waals surface area contributed by atoms with Crippen LogP contribution in [0.5, 0.6) is 11.5 Å². The molecule has 0 saturated carbocycles. The summed E-state index contributed by atoms with van der Waals surface area (Å²) in [6, 6.07) is 11.4. The molecule has 0 spiro atoms. The Morgan fingerprint density at radius 1 is 1.12 bits per heavy atom. The van der Waals surface area contributed by atoms with E-state index in [-0.39, 0.29) is 19.0 Å². The van der Waals surface area contributed by atoms with E-state index >= 15 is 0 Å². The van der Waals surface area contributed by atoms with Gasteiger partial charge in [0.2, 0.25) is 0 Å². The average Bonchev–Trinajstić information content (AvgIpc) is 3.07. The second-order valence-corrected chi connectivity index (χ2v) is 6.76. The number of halogens is 1. The van der Waals surface area contributed by atoms with Crippen LogP contribution in [-0.2, 0) is 19.5 Å². The van der Waals surface area contributed by atoms with E-state index in [1.165, 1.54) is 11.1 Å². The monoisotopic (exact) mass is 359 g/mol. The van der Waals surface area contributed by atoms with E-state index in [1.807, 2.05) is 24.3 Å². The van der Waals surface area contributed by atoms with Crippen molar-refractivity contribution in [3.05, 3.63) is 58.9 Å². The summed E-state index contributed by atoms with van der Waals surface area (Å²) in [5.41, 5.74) is 3.52. The van der Waals surface area contributed by atoms with Gasteiger partial charge in [0, 0.05) is 19.1 Å². The third-order valence-corrected chi connectivity index (χ3v) is 4.97. The van der Waals surface area contributed by atoms with Gasteiger partial charge in [0.15, 0.2) is 11.5 Å². The van der Waals surface area contributed by atoms with Crippen LogP contribution >= 0.6 is 0 Å². The molecule has 140 valence electrons. The summed E-state index contributed by atoms with van der Waals surface area (Å²) >= 11 is 0. The van der Waals surface area contributed by atoms with Crippen LogP contribution in [0.15, 0.2) is 36.4 Å². The maximum absolute atomic E-state index is 13.4. The van der Waals surface area contributed by atoms with Gasteiger partial charge in [-0.3, -0.25) is 4.90 Å². The van der Waals surface area contributed by atoms with Gasteiger partial charge in [-0.15, -0.1) is 0 Å². The third kappa shape index (κ3) is 4.34. The standard InChI is InChI=1S/C21H26FNO3/c1-15(23-13-17-6-7-19(22)12-18(17)14-23)3-4-16-5-8-20(26-10-9-24)21(11-16)25-2/h5-8,11-12,15,24H,3-4,9-10,13-14H2,1-2H3. The molecule has 1 aliphatic heterocycles. The van der Waals surface area contributed by atoms with Crippen molar-refractivity contribution in [1.29, 1.82) is 0 Å². The first-order chi connectivity index (χ1) is 12.6. The van der Waals surface area contributed by atoms with E-state index in [0.717, 1.165) is 31.5 Å². The van der Waals surface area contributed by atoms with Crippen LogP contribution in [0, 0.1) is 5.82 Å². The Kier molecular flexibility index (Phi) is 6.12. The minimum atomic E-state index is -0.158. The van der Waals surface area contributed by atoms with Gasteiger partial charge in [-0.25, -0.2) is 4.39 Å². The Morgan fingerprint density at radius 2 is 1.92 bits per heavy atom. The predicted molar refractivity (Wildman–Crippen MR) is 99.0 cm³/mol. The van der Waals surface area contributed by atoms with Crippen LogP contribution in [-0.4, -0.2) is 36.4 Å². The fourth-order valence-electron chi connectivity index (χ4n) is 3.40. The van der Waals surface area contributed by atoms with Crippen LogP contribution in [0.1, 0.15) is 30.0 Å². The number of hydrogen-bond donors (Lipinski definition) is 1. The van der Waals surface area contributed by atoms with E-state index < -0.39 is 0 Å². The van der Waals surface area contributed by atoms with E-state index in [0.29, 0.717) is 17.5 Å². The summed E-state index contributed by atoms with van der Waals surface area (Å²) in [4.78, 5) is 2.39. The van der Waals surface area contributed by atoms with Crippen LogP contribution in [0.3, 0.4) is 0 Å². The molecule has 3 rings (SSSR count). The fraction of sp³-hybridized carbons (Fsp3) is 0.429. The third-order valence-electron chi connectivity index (χ3n) is 4.97. The lowest BCUT2D eigenvalue weighted by molar-refractivity contribution is 0.196. The molecule has 4 nitrogen and oxygen atoms in total. The van der Waals surface area contributed by atoms with E-state index in [4.69, 9.17) is 14.6 Å². The van der Waals surface area contributed by atoms with Gasteiger partial charge < -0.3 is 14.6 Å². The van der Waals surface area contributed by atoms with Crippen LogP contribution in [0.2, 0.25) is 0 Å². The highest BCUT2D eigenvalue weighted by Gasteiger charge is 2.23. The lowest BCUT2D eigenvalue weighted by Gasteiger charge is -2.24. The molecule has 1 heterocycles. The van der Waals surface area contributed by atoms with Crippen molar-refractivity contribution >= 4 is 0 Å². The molecule has 2 aromatic carbocycles. The fourth-order valence-corrected chi connectivity index (χ4v) is 3.40. The van der Waals surface area contributed by atoms with Gasteiger partial charge in [0.25, 0.3) is 0 Å². The highest BCUT2D eigenvalue weighted by Crippen LogP contribution is 2.30. The second-order valence-electron chi connectivity index (χ2n) is 6.76. The first-order valence-corrected chi connectivity index (χ1v) is 9.02. The summed E-state index contributed by atoms with van der Waals surface area (Å²) in [7, 11) is 1.62. The molecule has 1 aliphatic rings. The van der Waals surface area contributed by atoms with E-state index in [9.17, 15) is 4.39 Å². The van der Waals surface area contributed by atoms with Gasteiger partial charge >= 0.3 is 0 Å². The second kappa shape index (κ2) is 8.52. The first-order valence-electron chi connectivity index (χ1n) is 9.02. The normalized spacial score (nSPS) is 14.9.